The highest BCUT2D eigenvalue weighted by atomic mass is 127. The van der Waals surface area contributed by atoms with Crippen molar-refractivity contribution in [3.8, 4) is 0 Å². The summed E-state index contributed by atoms with van der Waals surface area (Å²) in [5.41, 5.74) is 6.00. The quantitative estimate of drug-likeness (QED) is 0.267. The third-order valence-electron chi connectivity index (χ3n) is 3.27. The summed E-state index contributed by atoms with van der Waals surface area (Å²) in [7, 11) is 0. The lowest BCUT2D eigenvalue weighted by atomic mass is 10.1. The molecule has 0 bridgehead atoms. The van der Waals surface area contributed by atoms with E-state index in [0.29, 0.717) is 5.56 Å². The SMILES string of the molecule is Cc1ccc(C(=O)NC(=S)NNC(=O)c2cccc([N+](=O)[O-])c2)cc1I. The van der Waals surface area contributed by atoms with Gasteiger partial charge in [0.15, 0.2) is 5.11 Å². The molecule has 0 radical (unpaired) electrons. The number of carbonyl (C=O) groups is 2. The van der Waals surface area contributed by atoms with Crippen molar-refractivity contribution >= 4 is 57.4 Å². The number of nitrogens with one attached hydrogen (secondary N) is 3. The number of hydrogen-bond donors (Lipinski definition) is 3. The molecule has 2 aromatic carbocycles. The fourth-order valence-corrected chi connectivity index (χ4v) is 2.55. The van der Waals surface area contributed by atoms with Crippen molar-refractivity contribution in [2.45, 2.75) is 6.92 Å². The van der Waals surface area contributed by atoms with E-state index in [1.165, 1.54) is 18.2 Å². The van der Waals surface area contributed by atoms with Crippen LogP contribution in [0.2, 0.25) is 0 Å². The van der Waals surface area contributed by atoms with E-state index in [2.05, 4.69) is 38.8 Å². The summed E-state index contributed by atoms with van der Waals surface area (Å²) in [5, 5.41) is 13.1. The normalized spacial score (nSPS) is 9.92. The second-order valence-corrected chi connectivity index (χ2v) is 6.70. The monoisotopic (exact) mass is 484 g/mol. The van der Waals surface area contributed by atoms with Crippen LogP contribution >= 0.6 is 34.8 Å². The Morgan fingerprint density at radius 3 is 2.42 bits per heavy atom. The molecule has 2 aromatic rings. The lowest BCUT2D eigenvalue weighted by Gasteiger charge is -2.11. The number of nitrogens with zero attached hydrogens (tertiary/aromatic N) is 1. The molecule has 26 heavy (non-hydrogen) atoms. The highest BCUT2D eigenvalue weighted by Gasteiger charge is 2.13. The Morgan fingerprint density at radius 1 is 1.08 bits per heavy atom. The van der Waals surface area contributed by atoms with Gasteiger partial charge in [0.2, 0.25) is 0 Å². The van der Waals surface area contributed by atoms with Gasteiger partial charge >= 0.3 is 0 Å². The van der Waals surface area contributed by atoms with E-state index in [-0.39, 0.29) is 16.4 Å². The first-order chi connectivity index (χ1) is 12.3. The number of amides is 2. The van der Waals surface area contributed by atoms with E-state index in [9.17, 15) is 19.7 Å². The zero-order valence-corrected chi connectivity index (χ0v) is 16.4. The van der Waals surface area contributed by atoms with Gasteiger partial charge in [-0.1, -0.05) is 12.1 Å². The Hall–Kier alpha value is -2.60. The maximum absolute atomic E-state index is 12.1. The van der Waals surface area contributed by atoms with Crippen LogP contribution in [0.3, 0.4) is 0 Å². The number of thiocarbonyl (C=S) groups is 1. The first-order valence-corrected chi connectivity index (χ1v) is 8.69. The molecule has 0 spiro atoms. The van der Waals surface area contributed by atoms with Crippen LogP contribution in [0.1, 0.15) is 26.3 Å². The van der Waals surface area contributed by atoms with Gasteiger partial charge in [-0.2, -0.15) is 0 Å². The maximum atomic E-state index is 12.1. The smallest absolute Gasteiger partial charge is 0.270 e. The molecule has 0 aliphatic carbocycles. The fraction of sp³-hybridized carbons (Fsp3) is 0.0625. The zero-order valence-electron chi connectivity index (χ0n) is 13.4. The number of carbonyl (C=O) groups excluding carboxylic acids is 2. The lowest BCUT2D eigenvalue weighted by Crippen LogP contribution is -2.48. The average Bonchev–Trinajstić information content (AvgIpc) is 2.62. The molecule has 2 rings (SSSR count). The van der Waals surface area contributed by atoms with Crippen LogP contribution < -0.4 is 16.2 Å². The molecule has 10 heteroatoms. The summed E-state index contributed by atoms with van der Waals surface area (Å²) >= 11 is 7.08. The van der Waals surface area contributed by atoms with Crippen LogP contribution in [-0.2, 0) is 0 Å². The Morgan fingerprint density at radius 2 is 1.77 bits per heavy atom. The molecule has 3 N–H and O–H groups in total. The summed E-state index contributed by atoms with van der Waals surface area (Å²) in [5.74, 6) is -1.06. The topological polar surface area (TPSA) is 113 Å². The predicted octanol–water partition coefficient (Wildman–Crippen LogP) is 2.46. The van der Waals surface area contributed by atoms with E-state index in [1.54, 1.807) is 12.1 Å². The van der Waals surface area contributed by atoms with Gasteiger partial charge in [-0.05, 0) is 65.5 Å². The highest BCUT2D eigenvalue weighted by Crippen LogP contribution is 2.14. The third-order valence-corrected chi connectivity index (χ3v) is 4.64. The van der Waals surface area contributed by atoms with Crippen LogP contribution in [0.25, 0.3) is 0 Å². The van der Waals surface area contributed by atoms with Crippen molar-refractivity contribution in [1.82, 2.24) is 16.2 Å². The number of benzene rings is 2. The number of nitro benzene ring substituents is 1. The van der Waals surface area contributed by atoms with Gasteiger partial charge in [0.25, 0.3) is 17.5 Å². The number of non-ortho nitro benzene ring substituents is 1. The van der Waals surface area contributed by atoms with Crippen molar-refractivity contribution in [2.75, 3.05) is 0 Å². The molecule has 0 atom stereocenters. The number of hydrogen-bond acceptors (Lipinski definition) is 5. The first-order valence-electron chi connectivity index (χ1n) is 7.20. The average molecular weight is 484 g/mol. The van der Waals surface area contributed by atoms with Gasteiger partial charge in [-0.3, -0.25) is 35.9 Å². The molecular weight excluding hydrogens is 471 g/mol. The summed E-state index contributed by atoms with van der Waals surface area (Å²) in [4.78, 5) is 34.2. The van der Waals surface area contributed by atoms with E-state index in [0.717, 1.165) is 15.2 Å². The minimum atomic E-state index is -0.629. The summed E-state index contributed by atoms with van der Waals surface area (Å²) in [6.45, 7) is 1.93. The molecule has 0 heterocycles. The van der Waals surface area contributed by atoms with E-state index < -0.39 is 16.7 Å². The van der Waals surface area contributed by atoms with Crippen LogP contribution in [0, 0.1) is 20.6 Å². The lowest BCUT2D eigenvalue weighted by molar-refractivity contribution is -0.384. The van der Waals surface area contributed by atoms with Crippen LogP contribution in [0.5, 0.6) is 0 Å². The van der Waals surface area contributed by atoms with Gasteiger partial charge in [-0.25, -0.2) is 0 Å². The molecule has 0 aliphatic rings. The number of rotatable bonds is 3. The second kappa shape index (κ2) is 8.67. The van der Waals surface area contributed by atoms with Gasteiger partial charge in [0.05, 0.1) is 4.92 Å². The zero-order chi connectivity index (χ0) is 19.3. The van der Waals surface area contributed by atoms with Crippen molar-refractivity contribution in [1.29, 1.82) is 0 Å². The summed E-state index contributed by atoms with van der Waals surface area (Å²) < 4.78 is 0.938. The van der Waals surface area contributed by atoms with Crippen LogP contribution in [0.4, 0.5) is 5.69 Å². The minimum absolute atomic E-state index is 0.0777. The number of halogens is 1. The highest BCUT2D eigenvalue weighted by molar-refractivity contribution is 14.1. The second-order valence-electron chi connectivity index (χ2n) is 5.13. The predicted molar refractivity (Wildman–Crippen MR) is 108 cm³/mol. The summed E-state index contributed by atoms with van der Waals surface area (Å²) in [6.07, 6.45) is 0. The molecule has 2 amide bonds. The van der Waals surface area contributed by atoms with Crippen molar-refractivity contribution < 1.29 is 14.5 Å². The third kappa shape index (κ3) is 5.20. The van der Waals surface area contributed by atoms with Crippen molar-refractivity contribution in [3.05, 3.63) is 72.8 Å². The standard InChI is InChI=1S/C16H13IN4O4S/c1-9-5-6-11(8-13(9)17)14(22)18-16(26)20-19-15(23)10-3-2-4-12(7-10)21(24)25/h2-8H,1H3,(H,19,23)(H2,18,20,22,26). The van der Waals surface area contributed by atoms with E-state index in [1.807, 2.05) is 13.0 Å². The molecule has 0 fully saturated rings. The molecule has 0 saturated carbocycles. The summed E-state index contributed by atoms with van der Waals surface area (Å²) in [6, 6.07) is 10.4. The maximum Gasteiger partial charge on any atom is 0.270 e. The minimum Gasteiger partial charge on any atom is -0.298 e. The van der Waals surface area contributed by atoms with Gasteiger partial charge in [-0.15, -0.1) is 0 Å². The Bertz CT molecular complexity index is 904. The molecule has 0 aliphatic heterocycles. The largest absolute Gasteiger partial charge is 0.298 e. The van der Waals surface area contributed by atoms with Gasteiger partial charge in [0, 0.05) is 26.8 Å². The molecule has 0 saturated heterocycles. The number of nitro groups is 1. The Labute approximate surface area is 167 Å². The Balaban J connectivity index is 1.92. The van der Waals surface area contributed by atoms with Crippen molar-refractivity contribution in [2.24, 2.45) is 0 Å². The van der Waals surface area contributed by atoms with E-state index >= 15 is 0 Å². The first kappa shape index (κ1) is 19.7. The van der Waals surface area contributed by atoms with Crippen LogP contribution in [-0.4, -0.2) is 21.9 Å². The Kier molecular flexibility index (Phi) is 6.58. The molecule has 0 aromatic heterocycles. The van der Waals surface area contributed by atoms with Gasteiger partial charge < -0.3 is 0 Å². The molecular formula is C16H13IN4O4S. The molecule has 0 unspecified atom stereocenters. The number of aryl methyl sites for hydroxylation is 1. The van der Waals surface area contributed by atoms with Crippen LogP contribution in [0.15, 0.2) is 42.5 Å². The van der Waals surface area contributed by atoms with E-state index in [4.69, 9.17) is 12.2 Å². The molecule has 8 nitrogen and oxygen atoms in total. The molecule has 134 valence electrons. The van der Waals surface area contributed by atoms with Crippen molar-refractivity contribution in [3.63, 3.8) is 0 Å². The fourth-order valence-electron chi connectivity index (χ4n) is 1.89. The number of hydrazine groups is 1. The van der Waals surface area contributed by atoms with Gasteiger partial charge in [0.1, 0.15) is 0 Å².